The van der Waals surface area contributed by atoms with Crippen molar-refractivity contribution in [3.8, 4) is 0 Å². The normalized spacial score (nSPS) is 22.8. The number of carbonyl (C=O) groups is 2. The minimum absolute atomic E-state index is 0.0157. The van der Waals surface area contributed by atoms with E-state index >= 15 is 0 Å². The van der Waals surface area contributed by atoms with Gasteiger partial charge in [-0.2, -0.15) is 18.3 Å². The smallest absolute Gasteiger partial charge is 0.408 e. The van der Waals surface area contributed by atoms with Crippen LogP contribution >= 0.6 is 11.6 Å². The Balaban J connectivity index is 1.35. The second kappa shape index (κ2) is 9.62. The minimum atomic E-state index is -4.67. The third kappa shape index (κ3) is 5.25. The number of hydrogen-bond acceptors (Lipinski definition) is 4. The molecular formula is C27H34ClF3N4O3Si. The van der Waals surface area contributed by atoms with Crippen molar-refractivity contribution >= 4 is 37.2 Å². The van der Waals surface area contributed by atoms with E-state index in [4.69, 9.17) is 16.0 Å². The predicted octanol–water partition coefficient (Wildman–Crippen LogP) is 5.89. The number of carbonyl (C=O) groups excluding carboxylic acids is 2. The molecule has 1 saturated carbocycles. The summed E-state index contributed by atoms with van der Waals surface area (Å²) in [5.41, 5.74) is -0.660. The lowest BCUT2D eigenvalue weighted by molar-refractivity contribution is -0.142. The van der Waals surface area contributed by atoms with Gasteiger partial charge in [-0.15, -0.1) is 0 Å². The maximum Gasteiger partial charge on any atom is 0.433 e. The molecule has 2 aromatic rings. The summed E-state index contributed by atoms with van der Waals surface area (Å²) in [5.74, 6) is -0.836. The molecule has 12 heteroatoms. The van der Waals surface area contributed by atoms with Gasteiger partial charge in [0.1, 0.15) is 12.2 Å². The number of piperazine rings is 1. The molecule has 0 aromatic carbocycles. The largest absolute Gasteiger partial charge is 0.433 e. The van der Waals surface area contributed by atoms with Crippen molar-refractivity contribution in [2.75, 3.05) is 19.6 Å². The fourth-order valence-electron chi connectivity index (χ4n) is 5.04. The lowest BCUT2D eigenvalue weighted by atomic mass is 10.1. The number of pyridine rings is 1. The molecule has 212 valence electrons. The molecule has 2 aliphatic carbocycles. The van der Waals surface area contributed by atoms with Gasteiger partial charge in [0.15, 0.2) is 14.0 Å². The first kappa shape index (κ1) is 28.2. The molecule has 39 heavy (non-hydrogen) atoms. The van der Waals surface area contributed by atoms with Crippen LogP contribution < -0.4 is 0 Å². The Morgan fingerprint density at radius 2 is 1.85 bits per heavy atom. The van der Waals surface area contributed by atoms with Crippen molar-refractivity contribution in [3.63, 3.8) is 0 Å². The summed E-state index contributed by atoms with van der Waals surface area (Å²) in [6, 6.07) is 2.51. The third-order valence-electron chi connectivity index (χ3n) is 8.50. The number of aromatic nitrogens is 2. The van der Waals surface area contributed by atoms with Crippen LogP contribution in [0.4, 0.5) is 13.2 Å². The van der Waals surface area contributed by atoms with Crippen LogP contribution in [0.3, 0.4) is 0 Å². The maximum atomic E-state index is 13.9. The summed E-state index contributed by atoms with van der Waals surface area (Å²) in [4.78, 5) is 29.7. The van der Waals surface area contributed by atoms with Crippen LogP contribution in [0.15, 0.2) is 24.3 Å². The van der Waals surface area contributed by atoms with Crippen LogP contribution in [-0.4, -0.2) is 71.3 Å². The quantitative estimate of drug-likeness (QED) is 0.326. The van der Waals surface area contributed by atoms with Gasteiger partial charge >= 0.3 is 6.18 Å². The SMILES string of the molecule is CC(C)(C)[Si](C)(C)O[C@@H]1C=CC[C@H]1N1CCN(C(=O)c2nn3c(C(F)(F)F)cc(C4CC4)cc3c2Cl)CC1=O. The van der Waals surface area contributed by atoms with Crippen LogP contribution in [0.2, 0.25) is 23.2 Å². The van der Waals surface area contributed by atoms with E-state index in [-0.39, 0.29) is 58.3 Å². The lowest BCUT2D eigenvalue weighted by Crippen LogP contribution is -2.58. The van der Waals surface area contributed by atoms with Crippen LogP contribution in [-0.2, 0) is 15.4 Å². The van der Waals surface area contributed by atoms with Crippen LogP contribution in [0, 0.1) is 0 Å². The molecule has 2 amide bonds. The fourth-order valence-corrected chi connectivity index (χ4v) is 6.57. The van der Waals surface area contributed by atoms with Gasteiger partial charge in [-0.25, -0.2) is 4.52 Å². The van der Waals surface area contributed by atoms with Gasteiger partial charge < -0.3 is 14.2 Å². The van der Waals surface area contributed by atoms with Crippen LogP contribution in [0.5, 0.6) is 0 Å². The van der Waals surface area contributed by atoms with E-state index in [2.05, 4.69) is 39.0 Å². The predicted molar refractivity (Wildman–Crippen MR) is 144 cm³/mol. The van der Waals surface area contributed by atoms with Gasteiger partial charge in [0.05, 0.1) is 22.7 Å². The van der Waals surface area contributed by atoms with Gasteiger partial charge in [0.25, 0.3) is 5.91 Å². The van der Waals surface area contributed by atoms with Crippen LogP contribution in [0.25, 0.3) is 5.52 Å². The number of halogens is 4. The van der Waals surface area contributed by atoms with E-state index in [0.717, 1.165) is 18.9 Å². The number of rotatable bonds is 5. The number of hydrogen-bond donors (Lipinski definition) is 0. The van der Waals surface area contributed by atoms with Crippen molar-refractivity contribution < 1.29 is 27.2 Å². The zero-order valence-electron chi connectivity index (χ0n) is 22.8. The number of nitrogens with zero attached hydrogens (tertiary/aromatic N) is 4. The first-order valence-electron chi connectivity index (χ1n) is 13.3. The van der Waals surface area contributed by atoms with Gasteiger partial charge in [0, 0.05) is 13.1 Å². The molecular weight excluding hydrogens is 549 g/mol. The van der Waals surface area contributed by atoms with Crippen molar-refractivity contribution in [1.29, 1.82) is 0 Å². The summed E-state index contributed by atoms with van der Waals surface area (Å²) in [7, 11) is -2.08. The van der Waals surface area contributed by atoms with E-state index in [0.29, 0.717) is 23.0 Å². The van der Waals surface area contributed by atoms with E-state index in [1.54, 1.807) is 11.0 Å². The zero-order chi connectivity index (χ0) is 28.5. The highest BCUT2D eigenvalue weighted by atomic mass is 35.5. The Labute approximate surface area is 232 Å². The van der Waals surface area contributed by atoms with E-state index in [9.17, 15) is 22.8 Å². The monoisotopic (exact) mass is 582 g/mol. The topological polar surface area (TPSA) is 67.2 Å². The summed E-state index contributed by atoms with van der Waals surface area (Å²) in [6.45, 7) is 11.1. The number of fused-ring (bicyclic) bond motifs is 1. The Morgan fingerprint density at radius 1 is 1.15 bits per heavy atom. The van der Waals surface area contributed by atoms with Gasteiger partial charge in [-0.05, 0) is 61.0 Å². The zero-order valence-corrected chi connectivity index (χ0v) is 24.6. The van der Waals surface area contributed by atoms with E-state index in [1.165, 1.54) is 4.90 Å². The summed E-state index contributed by atoms with van der Waals surface area (Å²) in [6.07, 6.45) is 1.45. The number of amides is 2. The standard InChI is InChI=1S/C27H34ClF3N4O3Si/c1-26(2,3)39(4,5)38-20-8-6-7-18(20)34-12-11-33(15-22(34)36)25(37)24-23(28)19-13-17(16-9-10-16)14-21(27(29,30)31)35(19)32-24/h6,8,13-14,16,18,20H,7,9-12,15H2,1-5H3/t18-,20-/m1/s1. The molecule has 0 unspecified atom stereocenters. The molecule has 0 bridgehead atoms. The molecule has 1 saturated heterocycles. The fraction of sp³-hybridized carbons (Fsp3) is 0.593. The van der Waals surface area contributed by atoms with Gasteiger partial charge in [-0.1, -0.05) is 44.5 Å². The van der Waals surface area contributed by atoms with Crippen molar-refractivity contribution in [3.05, 3.63) is 46.3 Å². The first-order valence-corrected chi connectivity index (χ1v) is 16.6. The molecule has 7 nitrogen and oxygen atoms in total. The molecule has 1 aliphatic heterocycles. The van der Waals surface area contributed by atoms with Crippen molar-refractivity contribution in [2.24, 2.45) is 0 Å². The second-order valence-corrected chi connectivity index (χ2v) is 17.4. The van der Waals surface area contributed by atoms with Gasteiger partial charge in [0.2, 0.25) is 5.91 Å². The maximum absolute atomic E-state index is 13.9. The van der Waals surface area contributed by atoms with E-state index in [1.807, 2.05) is 12.2 Å². The molecule has 0 radical (unpaired) electrons. The van der Waals surface area contributed by atoms with Crippen molar-refractivity contribution in [1.82, 2.24) is 19.4 Å². The highest BCUT2D eigenvalue weighted by Crippen LogP contribution is 2.44. The first-order chi connectivity index (χ1) is 18.1. The molecule has 0 N–H and O–H groups in total. The lowest BCUT2D eigenvalue weighted by Gasteiger charge is -2.43. The van der Waals surface area contributed by atoms with Crippen molar-refractivity contribution in [2.45, 2.75) is 82.4 Å². The van der Waals surface area contributed by atoms with Gasteiger partial charge in [-0.3, -0.25) is 9.59 Å². The van der Waals surface area contributed by atoms with Crippen LogP contribution in [0.1, 0.15) is 67.7 Å². The molecule has 3 aliphatic rings. The number of alkyl halides is 3. The highest BCUT2D eigenvalue weighted by molar-refractivity contribution is 6.74. The molecule has 3 heterocycles. The minimum Gasteiger partial charge on any atom is -0.408 e. The average molecular weight is 583 g/mol. The third-order valence-corrected chi connectivity index (χ3v) is 13.3. The van der Waals surface area contributed by atoms with E-state index < -0.39 is 26.1 Å². The summed E-state index contributed by atoms with van der Waals surface area (Å²) >= 11 is 6.46. The molecule has 2 fully saturated rings. The molecule has 0 spiro atoms. The average Bonchev–Trinajstić information content (AvgIpc) is 3.51. The summed E-state index contributed by atoms with van der Waals surface area (Å²) in [5, 5.41) is 3.88. The Morgan fingerprint density at radius 3 is 2.44 bits per heavy atom. The Bertz CT molecular complexity index is 1350. The molecule has 5 rings (SSSR count). The Hall–Kier alpha value is -2.37. The second-order valence-electron chi connectivity index (χ2n) is 12.3. The molecule has 2 aromatic heterocycles. The highest BCUT2D eigenvalue weighted by Gasteiger charge is 2.44. The summed E-state index contributed by atoms with van der Waals surface area (Å²) < 4.78 is 48.9. The molecule has 2 atom stereocenters. The Kier molecular flexibility index (Phi) is 6.95.